The van der Waals surface area contributed by atoms with E-state index < -0.39 is 0 Å². The minimum Gasteiger partial charge on any atom is -0.285 e. The standard InChI is InChI=1S/C15H12N4O/c20-15-12-6-7-13-14(12)10(8-16-18-13)9-17-19(15)11-4-2-1-3-5-11/h1-5,8-9,16H,6-7H2. The fourth-order valence-electron chi connectivity index (χ4n) is 2.74. The number of amides is 1. The number of carbonyl (C=O) groups is 1. The number of hydrogen-bond acceptors (Lipinski definition) is 4. The van der Waals surface area contributed by atoms with Crippen LogP contribution in [-0.2, 0) is 4.79 Å². The van der Waals surface area contributed by atoms with Crippen molar-refractivity contribution in [2.45, 2.75) is 12.8 Å². The summed E-state index contributed by atoms with van der Waals surface area (Å²) >= 11 is 0. The zero-order valence-corrected chi connectivity index (χ0v) is 10.7. The summed E-state index contributed by atoms with van der Waals surface area (Å²) in [4.78, 5) is 12.7. The van der Waals surface area contributed by atoms with Gasteiger partial charge < -0.3 is 0 Å². The van der Waals surface area contributed by atoms with Crippen molar-refractivity contribution in [3.63, 3.8) is 0 Å². The quantitative estimate of drug-likeness (QED) is 0.843. The van der Waals surface area contributed by atoms with Crippen molar-refractivity contribution in [2.24, 2.45) is 10.2 Å². The molecule has 1 aromatic rings. The Morgan fingerprint density at radius 3 is 2.85 bits per heavy atom. The van der Waals surface area contributed by atoms with Gasteiger partial charge in [-0.05, 0) is 25.0 Å². The highest BCUT2D eigenvalue weighted by Gasteiger charge is 2.34. The summed E-state index contributed by atoms with van der Waals surface area (Å²) in [7, 11) is 0. The first-order chi connectivity index (χ1) is 9.84. The summed E-state index contributed by atoms with van der Waals surface area (Å²) in [5, 5.41) is 10.0. The maximum absolute atomic E-state index is 12.7. The molecular weight excluding hydrogens is 252 g/mol. The molecule has 0 fully saturated rings. The van der Waals surface area contributed by atoms with Crippen molar-refractivity contribution < 1.29 is 4.79 Å². The Hall–Kier alpha value is -2.69. The number of anilines is 1. The van der Waals surface area contributed by atoms with Crippen molar-refractivity contribution in [3.8, 4) is 0 Å². The second-order valence-electron chi connectivity index (χ2n) is 4.84. The first kappa shape index (κ1) is 11.2. The van der Waals surface area contributed by atoms with Gasteiger partial charge in [0.1, 0.15) is 0 Å². The molecule has 0 radical (unpaired) electrons. The van der Waals surface area contributed by atoms with Crippen molar-refractivity contribution in [1.82, 2.24) is 5.43 Å². The van der Waals surface area contributed by atoms with Gasteiger partial charge in [-0.15, -0.1) is 0 Å². The van der Waals surface area contributed by atoms with Gasteiger partial charge in [0.25, 0.3) is 5.91 Å². The van der Waals surface area contributed by atoms with E-state index >= 15 is 0 Å². The van der Waals surface area contributed by atoms with Crippen molar-refractivity contribution in [1.29, 1.82) is 0 Å². The highest BCUT2D eigenvalue weighted by Crippen LogP contribution is 2.34. The molecule has 4 rings (SSSR count). The van der Waals surface area contributed by atoms with Gasteiger partial charge in [-0.1, -0.05) is 18.2 Å². The molecule has 1 N–H and O–H groups in total. The summed E-state index contributed by atoms with van der Waals surface area (Å²) in [6.45, 7) is 0. The number of nitrogens with one attached hydrogen (secondary N) is 1. The maximum Gasteiger partial charge on any atom is 0.275 e. The Morgan fingerprint density at radius 2 is 2.00 bits per heavy atom. The lowest BCUT2D eigenvalue weighted by Gasteiger charge is -2.16. The van der Waals surface area contributed by atoms with Crippen LogP contribution in [0, 0.1) is 0 Å². The van der Waals surface area contributed by atoms with E-state index in [-0.39, 0.29) is 5.91 Å². The molecule has 0 spiro atoms. The summed E-state index contributed by atoms with van der Waals surface area (Å²) in [5.41, 5.74) is 7.29. The molecule has 1 amide bonds. The third kappa shape index (κ3) is 1.53. The van der Waals surface area contributed by atoms with Crippen LogP contribution in [0.25, 0.3) is 0 Å². The molecule has 0 aromatic heterocycles. The normalized spacial score (nSPS) is 20.2. The average molecular weight is 264 g/mol. The predicted octanol–water partition coefficient (Wildman–Crippen LogP) is 1.95. The summed E-state index contributed by atoms with van der Waals surface area (Å²) < 4.78 is 0. The van der Waals surface area contributed by atoms with Crippen LogP contribution in [0.1, 0.15) is 12.8 Å². The number of rotatable bonds is 1. The minimum atomic E-state index is -0.0575. The van der Waals surface area contributed by atoms with Gasteiger partial charge in [-0.25, -0.2) is 0 Å². The van der Waals surface area contributed by atoms with Gasteiger partial charge in [0, 0.05) is 22.9 Å². The molecule has 5 heteroatoms. The molecule has 3 aliphatic rings. The molecule has 98 valence electrons. The van der Waals surface area contributed by atoms with Crippen molar-refractivity contribution in [3.05, 3.63) is 53.3 Å². The van der Waals surface area contributed by atoms with E-state index in [0.717, 1.165) is 41.0 Å². The maximum atomic E-state index is 12.7. The zero-order valence-electron chi connectivity index (χ0n) is 10.7. The number of para-hydroxylation sites is 1. The summed E-state index contributed by atoms with van der Waals surface area (Å²) in [6, 6.07) is 9.48. The smallest absolute Gasteiger partial charge is 0.275 e. The number of nitrogens with zero attached hydrogens (tertiary/aromatic N) is 3. The van der Waals surface area contributed by atoms with Crippen LogP contribution in [-0.4, -0.2) is 17.8 Å². The van der Waals surface area contributed by atoms with E-state index in [4.69, 9.17) is 0 Å². The highest BCUT2D eigenvalue weighted by atomic mass is 16.2. The monoisotopic (exact) mass is 264 g/mol. The van der Waals surface area contributed by atoms with Gasteiger partial charge >= 0.3 is 0 Å². The van der Waals surface area contributed by atoms with Gasteiger partial charge in [0.15, 0.2) is 0 Å². The summed E-state index contributed by atoms with van der Waals surface area (Å²) in [5.74, 6) is -0.0575. The Labute approximate surface area is 116 Å². The number of carbonyl (C=O) groups excluding carboxylic acids is 1. The average Bonchev–Trinajstić information content (AvgIpc) is 2.87. The number of hydrogen-bond donors (Lipinski definition) is 1. The molecule has 2 aliphatic heterocycles. The van der Waals surface area contributed by atoms with Gasteiger partial charge in [-0.3, -0.25) is 10.2 Å². The fourth-order valence-corrected chi connectivity index (χ4v) is 2.74. The molecule has 20 heavy (non-hydrogen) atoms. The van der Waals surface area contributed by atoms with E-state index in [1.54, 1.807) is 12.4 Å². The minimum absolute atomic E-state index is 0.0575. The molecule has 0 unspecified atom stereocenters. The van der Waals surface area contributed by atoms with Crippen LogP contribution in [0.4, 0.5) is 5.69 Å². The number of benzene rings is 1. The van der Waals surface area contributed by atoms with Crippen LogP contribution in [0.2, 0.25) is 0 Å². The molecule has 1 aromatic carbocycles. The van der Waals surface area contributed by atoms with Crippen LogP contribution < -0.4 is 10.4 Å². The first-order valence-corrected chi connectivity index (χ1v) is 6.54. The van der Waals surface area contributed by atoms with Crippen LogP contribution in [0.3, 0.4) is 0 Å². The molecule has 2 heterocycles. The molecule has 0 bridgehead atoms. The Morgan fingerprint density at radius 1 is 1.15 bits per heavy atom. The second kappa shape index (κ2) is 4.16. The van der Waals surface area contributed by atoms with Gasteiger partial charge in [0.2, 0.25) is 0 Å². The summed E-state index contributed by atoms with van der Waals surface area (Å²) in [6.07, 6.45) is 5.03. The Balaban J connectivity index is 1.86. The lowest BCUT2D eigenvalue weighted by Crippen LogP contribution is -2.26. The lowest BCUT2D eigenvalue weighted by atomic mass is 10.0. The van der Waals surface area contributed by atoms with E-state index in [2.05, 4.69) is 15.6 Å². The highest BCUT2D eigenvalue weighted by molar-refractivity contribution is 6.22. The van der Waals surface area contributed by atoms with Crippen LogP contribution in [0.5, 0.6) is 0 Å². The van der Waals surface area contributed by atoms with Crippen molar-refractivity contribution >= 4 is 23.5 Å². The van der Waals surface area contributed by atoms with E-state index in [1.165, 1.54) is 5.01 Å². The predicted molar refractivity (Wildman–Crippen MR) is 77.3 cm³/mol. The number of allylic oxidation sites excluding steroid dienone is 2. The Bertz CT molecular complexity index is 713. The molecule has 0 atom stereocenters. The third-order valence-corrected chi connectivity index (χ3v) is 3.67. The van der Waals surface area contributed by atoms with Crippen molar-refractivity contribution in [2.75, 3.05) is 5.01 Å². The SMILES string of the molecule is O=C1C2=C3C(=CNN=C3CC2)C=NN1c1ccccc1. The second-order valence-corrected chi connectivity index (χ2v) is 4.84. The van der Waals surface area contributed by atoms with Gasteiger partial charge in [-0.2, -0.15) is 15.2 Å². The largest absolute Gasteiger partial charge is 0.285 e. The van der Waals surface area contributed by atoms with E-state index in [0.29, 0.717) is 0 Å². The van der Waals surface area contributed by atoms with Gasteiger partial charge in [0.05, 0.1) is 17.6 Å². The lowest BCUT2D eigenvalue weighted by molar-refractivity contribution is -0.115. The molecule has 1 aliphatic carbocycles. The molecule has 0 saturated carbocycles. The molecular formula is C15H12N4O. The van der Waals surface area contributed by atoms with E-state index in [9.17, 15) is 4.79 Å². The zero-order chi connectivity index (χ0) is 13.5. The topological polar surface area (TPSA) is 57.1 Å². The van der Waals surface area contributed by atoms with Crippen LogP contribution in [0.15, 0.2) is 63.5 Å². The molecule has 0 saturated heterocycles. The number of hydrazone groups is 2. The fraction of sp³-hybridized carbons (Fsp3) is 0.133. The van der Waals surface area contributed by atoms with Crippen LogP contribution >= 0.6 is 0 Å². The molecule has 5 nitrogen and oxygen atoms in total. The first-order valence-electron chi connectivity index (χ1n) is 6.54. The Kier molecular flexibility index (Phi) is 2.32. The van der Waals surface area contributed by atoms with E-state index in [1.807, 2.05) is 30.3 Å². The third-order valence-electron chi connectivity index (χ3n) is 3.67.